The molecule has 1 aliphatic heterocycles. The molecule has 4 rings (SSSR count). The Morgan fingerprint density at radius 1 is 1.16 bits per heavy atom. The first-order chi connectivity index (χ1) is 17.5. The second-order valence-corrected chi connectivity index (χ2v) is 12.3. The van der Waals surface area contributed by atoms with Crippen LogP contribution < -0.4 is 5.32 Å². The molecule has 0 bridgehead atoms. The van der Waals surface area contributed by atoms with Crippen molar-refractivity contribution in [2.75, 3.05) is 11.9 Å². The largest absolute Gasteiger partial charge is 0.353 e. The van der Waals surface area contributed by atoms with Gasteiger partial charge in [-0.15, -0.1) is 0 Å². The molecule has 1 saturated heterocycles. The molecule has 2 aliphatic rings. The van der Waals surface area contributed by atoms with E-state index in [1.165, 1.54) is 12.1 Å². The van der Waals surface area contributed by atoms with Crippen LogP contribution in [0.2, 0.25) is 5.02 Å². The van der Waals surface area contributed by atoms with Crippen molar-refractivity contribution in [3.05, 3.63) is 58.4 Å². The fourth-order valence-electron chi connectivity index (χ4n) is 5.18. The summed E-state index contributed by atoms with van der Waals surface area (Å²) in [4.78, 5) is 12.5. The number of carbonyl (C=O) groups excluding carboxylic acids is 1. The third kappa shape index (κ3) is 5.97. The standard InChI is InChI=1S/C26H29ClF3NO5S/c1-3-15-10-18(9-14(2)25(15)36-23-5-4-8-35-23)37(33,34)22-11-16(6-7-19(22)27)26(32)31-17-12-20(28)24(30)21(29)13-17/h6-7,11-15,18,23,25H,3-5,8-10H2,1-2H3,(H,31,32)/t14-,15?,18-,23?,25-/m0/s1. The van der Waals surface area contributed by atoms with E-state index in [4.69, 9.17) is 21.1 Å². The molecular weight excluding hydrogens is 531 g/mol. The average Bonchev–Trinajstić information content (AvgIpc) is 3.37. The Labute approximate surface area is 219 Å². The Morgan fingerprint density at radius 3 is 2.49 bits per heavy atom. The van der Waals surface area contributed by atoms with Crippen LogP contribution in [0.5, 0.6) is 0 Å². The Balaban J connectivity index is 1.55. The average molecular weight is 560 g/mol. The molecule has 1 amide bonds. The normalized spacial score (nSPS) is 26.3. The molecule has 1 saturated carbocycles. The zero-order valence-corrected chi connectivity index (χ0v) is 22.0. The van der Waals surface area contributed by atoms with Crippen LogP contribution in [0.25, 0.3) is 0 Å². The highest BCUT2D eigenvalue weighted by Gasteiger charge is 2.43. The lowest BCUT2D eigenvalue weighted by Gasteiger charge is -2.40. The van der Waals surface area contributed by atoms with Crippen molar-refractivity contribution in [1.82, 2.24) is 0 Å². The Hall–Kier alpha value is -2.14. The molecule has 1 aliphatic carbocycles. The maximum atomic E-state index is 13.7. The molecule has 0 aromatic heterocycles. The van der Waals surface area contributed by atoms with Crippen LogP contribution in [-0.4, -0.2) is 38.6 Å². The van der Waals surface area contributed by atoms with E-state index in [1.54, 1.807) is 0 Å². The number of sulfone groups is 1. The second-order valence-electron chi connectivity index (χ2n) is 9.68. The van der Waals surface area contributed by atoms with Gasteiger partial charge in [-0.1, -0.05) is 31.9 Å². The fourth-order valence-corrected chi connectivity index (χ4v) is 7.67. The summed E-state index contributed by atoms with van der Waals surface area (Å²) in [5, 5.41) is 1.49. The molecule has 37 heavy (non-hydrogen) atoms. The minimum absolute atomic E-state index is 0.00116. The quantitative estimate of drug-likeness (QED) is 0.413. The summed E-state index contributed by atoms with van der Waals surface area (Å²) >= 11 is 6.28. The van der Waals surface area contributed by atoms with Crippen molar-refractivity contribution in [2.24, 2.45) is 11.8 Å². The van der Waals surface area contributed by atoms with Gasteiger partial charge in [0.15, 0.2) is 33.6 Å². The predicted molar refractivity (Wildman–Crippen MR) is 133 cm³/mol. The predicted octanol–water partition coefficient (Wildman–Crippen LogP) is 6.13. The molecule has 1 N–H and O–H groups in total. The summed E-state index contributed by atoms with van der Waals surface area (Å²) in [6.07, 6.45) is 2.84. The van der Waals surface area contributed by atoms with Crippen molar-refractivity contribution in [3.8, 4) is 0 Å². The van der Waals surface area contributed by atoms with Gasteiger partial charge in [-0.2, -0.15) is 0 Å². The van der Waals surface area contributed by atoms with Gasteiger partial charge in [-0.3, -0.25) is 4.79 Å². The summed E-state index contributed by atoms with van der Waals surface area (Å²) in [7, 11) is -3.94. The van der Waals surface area contributed by atoms with Crippen LogP contribution >= 0.6 is 11.6 Å². The molecule has 11 heteroatoms. The van der Waals surface area contributed by atoms with Crippen molar-refractivity contribution < 1.29 is 35.9 Å². The van der Waals surface area contributed by atoms with E-state index in [0.717, 1.165) is 25.3 Å². The van der Waals surface area contributed by atoms with Crippen LogP contribution in [0.4, 0.5) is 18.9 Å². The van der Waals surface area contributed by atoms with E-state index < -0.39 is 38.4 Å². The number of benzene rings is 2. The molecule has 202 valence electrons. The van der Waals surface area contributed by atoms with Crippen molar-refractivity contribution in [3.63, 3.8) is 0 Å². The van der Waals surface area contributed by atoms with Crippen LogP contribution in [0.15, 0.2) is 35.2 Å². The molecule has 0 radical (unpaired) electrons. The molecule has 2 aromatic rings. The first-order valence-electron chi connectivity index (χ1n) is 12.3. The summed E-state index contributed by atoms with van der Waals surface area (Å²) in [5.41, 5.74) is -0.395. The fraction of sp³-hybridized carbons (Fsp3) is 0.500. The lowest BCUT2D eigenvalue weighted by Crippen LogP contribution is -2.44. The highest BCUT2D eigenvalue weighted by Crippen LogP contribution is 2.41. The van der Waals surface area contributed by atoms with Crippen LogP contribution in [0.3, 0.4) is 0 Å². The molecule has 6 nitrogen and oxygen atoms in total. The van der Waals surface area contributed by atoms with Gasteiger partial charge in [-0.05, 0) is 49.3 Å². The molecule has 2 aromatic carbocycles. The number of halogens is 4. The van der Waals surface area contributed by atoms with Gasteiger partial charge >= 0.3 is 0 Å². The maximum absolute atomic E-state index is 13.7. The number of ether oxygens (including phenoxy) is 2. The lowest BCUT2D eigenvalue weighted by molar-refractivity contribution is -0.178. The molecule has 2 fully saturated rings. The van der Waals surface area contributed by atoms with Gasteiger partial charge in [0.2, 0.25) is 0 Å². The van der Waals surface area contributed by atoms with E-state index in [0.29, 0.717) is 31.6 Å². The highest BCUT2D eigenvalue weighted by atomic mass is 35.5. The monoisotopic (exact) mass is 559 g/mol. The molecular formula is C26H29ClF3NO5S. The van der Waals surface area contributed by atoms with Crippen molar-refractivity contribution >= 4 is 33.0 Å². The summed E-state index contributed by atoms with van der Waals surface area (Å²) in [5.74, 6) is -5.46. The lowest BCUT2D eigenvalue weighted by atomic mass is 9.78. The minimum Gasteiger partial charge on any atom is -0.353 e. The Bertz CT molecular complexity index is 1250. The summed E-state index contributed by atoms with van der Waals surface area (Å²) < 4.78 is 79.5. The topological polar surface area (TPSA) is 81.7 Å². The number of hydrogen-bond acceptors (Lipinski definition) is 5. The zero-order valence-electron chi connectivity index (χ0n) is 20.5. The summed E-state index contributed by atoms with van der Waals surface area (Å²) in [6.45, 7) is 4.63. The third-order valence-corrected chi connectivity index (χ3v) is 9.78. The van der Waals surface area contributed by atoms with Gasteiger partial charge in [0.25, 0.3) is 5.91 Å². The maximum Gasteiger partial charge on any atom is 0.255 e. The smallest absolute Gasteiger partial charge is 0.255 e. The first-order valence-corrected chi connectivity index (χ1v) is 14.2. The van der Waals surface area contributed by atoms with Crippen LogP contribution in [-0.2, 0) is 19.3 Å². The Kier molecular flexibility index (Phi) is 8.52. The minimum atomic E-state index is -3.94. The van der Waals surface area contributed by atoms with Gasteiger partial charge < -0.3 is 14.8 Å². The summed E-state index contributed by atoms with van der Waals surface area (Å²) in [6, 6.07) is 5.02. The van der Waals surface area contributed by atoms with E-state index in [-0.39, 0.29) is 45.4 Å². The number of carbonyl (C=O) groups is 1. The number of anilines is 1. The number of amides is 1. The Morgan fingerprint density at radius 2 is 1.86 bits per heavy atom. The SMILES string of the molecule is CCC1C[C@@H](S(=O)(=O)c2cc(C(=O)Nc3cc(F)c(F)c(F)c3)ccc2Cl)C[C@H](C)[C@@H]1OC1CCCO1. The van der Waals surface area contributed by atoms with Gasteiger partial charge in [0.1, 0.15) is 0 Å². The number of rotatable bonds is 7. The second kappa shape index (κ2) is 11.3. The van der Waals surface area contributed by atoms with E-state index in [9.17, 15) is 26.4 Å². The van der Waals surface area contributed by atoms with Gasteiger partial charge in [-0.25, -0.2) is 21.6 Å². The first kappa shape index (κ1) is 27.9. The van der Waals surface area contributed by atoms with Crippen LogP contribution in [0.1, 0.15) is 56.3 Å². The van der Waals surface area contributed by atoms with Crippen molar-refractivity contribution in [1.29, 1.82) is 0 Å². The molecule has 2 unspecified atom stereocenters. The molecule has 0 spiro atoms. The zero-order chi connectivity index (χ0) is 26.9. The van der Waals surface area contributed by atoms with Crippen LogP contribution in [0, 0.1) is 29.3 Å². The van der Waals surface area contributed by atoms with Crippen molar-refractivity contribution in [2.45, 2.75) is 68.5 Å². The third-order valence-electron chi connectivity index (χ3n) is 7.13. The van der Waals surface area contributed by atoms with E-state index >= 15 is 0 Å². The number of nitrogens with one attached hydrogen (secondary N) is 1. The van der Waals surface area contributed by atoms with Gasteiger partial charge in [0, 0.05) is 36.4 Å². The molecule has 1 heterocycles. The van der Waals surface area contributed by atoms with E-state index in [2.05, 4.69) is 5.32 Å². The van der Waals surface area contributed by atoms with E-state index in [1.807, 2.05) is 13.8 Å². The molecule has 5 atom stereocenters. The van der Waals surface area contributed by atoms with Gasteiger partial charge in [0.05, 0.1) is 21.3 Å². The highest BCUT2D eigenvalue weighted by molar-refractivity contribution is 7.92. The number of hydrogen-bond donors (Lipinski definition) is 1.